The summed E-state index contributed by atoms with van der Waals surface area (Å²) in [6.07, 6.45) is 0.659. The summed E-state index contributed by atoms with van der Waals surface area (Å²) >= 11 is 5.69. The number of hydrogen-bond acceptors (Lipinski definition) is 2. The molecule has 1 aromatic rings. The van der Waals surface area contributed by atoms with Gasteiger partial charge in [-0.15, -0.1) is 12.4 Å². The van der Waals surface area contributed by atoms with E-state index in [9.17, 15) is 4.79 Å². The summed E-state index contributed by atoms with van der Waals surface area (Å²) in [6, 6.07) is 4.61. The molecule has 13 heavy (non-hydrogen) atoms. The first kappa shape index (κ1) is 11.9. The Balaban J connectivity index is 0.00000144. The molecule has 0 fully saturated rings. The molecule has 5 heteroatoms. The van der Waals surface area contributed by atoms with E-state index in [1.165, 1.54) is 12.1 Å². The number of aldehydes is 1. The molecule has 70 valence electrons. The van der Waals surface area contributed by atoms with Gasteiger partial charge in [0.1, 0.15) is 5.84 Å². The fourth-order valence-corrected chi connectivity index (χ4v) is 1.02. The Morgan fingerprint density at radius 1 is 1.54 bits per heavy atom. The zero-order chi connectivity index (χ0) is 9.14. The van der Waals surface area contributed by atoms with E-state index in [1.54, 1.807) is 6.07 Å². The summed E-state index contributed by atoms with van der Waals surface area (Å²) in [5.41, 5.74) is 6.13. The van der Waals surface area contributed by atoms with Crippen molar-refractivity contribution in [2.45, 2.75) is 0 Å². The topological polar surface area (TPSA) is 66.9 Å². The van der Waals surface area contributed by atoms with Crippen LogP contribution in [0.15, 0.2) is 18.2 Å². The largest absolute Gasteiger partial charge is 0.384 e. The van der Waals surface area contributed by atoms with Gasteiger partial charge in [0.15, 0.2) is 6.29 Å². The number of rotatable bonds is 2. The third-order valence-electron chi connectivity index (χ3n) is 1.44. The maximum absolute atomic E-state index is 10.3. The number of amidine groups is 1. The molecule has 0 heterocycles. The predicted octanol–water partition coefficient (Wildman–Crippen LogP) is 1.86. The summed E-state index contributed by atoms with van der Waals surface area (Å²) in [5, 5.41) is 7.41. The zero-order valence-electron chi connectivity index (χ0n) is 6.58. The highest BCUT2D eigenvalue weighted by Gasteiger charge is 2.01. The Hall–Kier alpha value is -1.06. The molecule has 1 rings (SSSR count). The van der Waals surface area contributed by atoms with Gasteiger partial charge in [-0.05, 0) is 12.1 Å². The average molecular weight is 219 g/mol. The molecule has 0 bridgehead atoms. The van der Waals surface area contributed by atoms with Gasteiger partial charge < -0.3 is 5.73 Å². The molecule has 3 N–H and O–H groups in total. The van der Waals surface area contributed by atoms with E-state index in [0.717, 1.165) is 0 Å². The molecule has 0 saturated heterocycles. The molecule has 0 amide bonds. The van der Waals surface area contributed by atoms with Gasteiger partial charge >= 0.3 is 0 Å². The molecule has 0 aliphatic heterocycles. The van der Waals surface area contributed by atoms with Crippen molar-refractivity contribution in [3.05, 3.63) is 34.3 Å². The highest BCUT2D eigenvalue weighted by Crippen LogP contribution is 2.15. The molecule has 0 saturated carbocycles. The fourth-order valence-electron chi connectivity index (χ4n) is 0.790. The quantitative estimate of drug-likeness (QED) is 0.452. The Kier molecular flexibility index (Phi) is 4.45. The molecule has 0 aliphatic rings. The van der Waals surface area contributed by atoms with E-state index in [1.807, 2.05) is 0 Å². The van der Waals surface area contributed by atoms with Gasteiger partial charge in [0, 0.05) is 11.1 Å². The summed E-state index contributed by atoms with van der Waals surface area (Å²) in [4.78, 5) is 10.3. The van der Waals surface area contributed by atoms with Crippen molar-refractivity contribution in [3.8, 4) is 0 Å². The van der Waals surface area contributed by atoms with Crippen LogP contribution in [0.3, 0.4) is 0 Å². The Morgan fingerprint density at radius 2 is 2.15 bits per heavy atom. The third-order valence-corrected chi connectivity index (χ3v) is 1.77. The first-order valence-electron chi connectivity index (χ1n) is 3.24. The van der Waals surface area contributed by atoms with Crippen molar-refractivity contribution in [1.82, 2.24) is 0 Å². The number of carbonyl (C=O) groups excluding carboxylic acids is 1. The molecule has 0 radical (unpaired) electrons. The molecule has 0 atom stereocenters. The second-order valence-electron chi connectivity index (χ2n) is 2.27. The van der Waals surface area contributed by atoms with Gasteiger partial charge in [0.25, 0.3) is 0 Å². The molecular weight excluding hydrogens is 211 g/mol. The number of nitrogen functional groups attached to an aromatic ring is 1. The van der Waals surface area contributed by atoms with E-state index < -0.39 is 0 Å². The lowest BCUT2D eigenvalue weighted by Crippen LogP contribution is -2.10. The number of carbonyl (C=O) groups is 1. The van der Waals surface area contributed by atoms with E-state index in [2.05, 4.69) is 0 Å². The van der Waals surface area contributed by atoms with Crippen LogP contribution in [-0.2, 0) is 0 Å². The van der Waals surface area contributed by atoms with Crippen molar-refractivity contribution in [2.24, 2.45) is 5.73 Å². The molecule has 3 nitrogen and oxygen atoms in total. The van der Waals surface area contributed by atoms with Crippen LogP contribution in [-0.4, -0.2) is 12.1 Å². The fraction of sp³-hybridized carbons (Fsp3) is 0. The van der Waals surface area contributed by atoms with Crippen LogP contribution in [0.5, 0.6) is 0 Å². The molecule has 0 aliphatic carbocycles. The van der Waals surface area contributed by atoms with Gasteiger partial charge in [-0.3, -0.25) is 10.2 Å². The van der Waals surface area contributed by atoms with E-state index in [4.69, 9.17) is 22.7 Å². The van der Waals surface area contributed by atoms with E-state index >= 15 is 0 Å². The molecule has 0 aromatic heterocycles. The Labute approximate surface area is 86.8 Å². The van der Waals surface area contributed by atoms with Gasteiger partial charge in [-0.1, -0.05) is 17.7 Å². The second kappa shape index (κ2) is 4.84. The van der Waals surface area contributed by atoms with Crippen molar-refractivity contribution in [2.75, 3.05) is 0 Å². The zero-order valence-corrected chi connectivity index (χ0v) is 8.15. The van der Waals surface area contributed by atoms with Crippen LogP contribution < -0.4 is 5.73 Å². The van der Waals surface area contributed by atoms with Crippen LogP contribution in [0, 0.1) is 5.41 Å². The van der Waals surface area contributed by atoms with Crippen molar-refractivity contribution in [1.29, 1.82) is 5.41 Å². The second-order valence-corrected chi connectivity index (χ2v) is 2.68. The number of halogens is 2. The van der Waals surface area contributed by atoms with Crippen LogP contribution in [0.2, 0.25) is 5.02 Å². The molecule has 0 unspecified atom stereocenters. The van der Waals surface area contributed by atoms with Gasteiger partial charge in [0.05, 0.1) is 5.02 Å². The van der Waals surface area contributed by atoms with Crippen LogP contribution in [0.4, 0.5) is 0 Å². The molecular formula is C8H8Cl2N2O. The Morgan fingerprint density at radius 3 is 2.54 bits per heavy atom. The molecule has 1 aromatic carbocycles. The lowest BCUT2D eigenvalue weighted by atomic mass is 10.1. The minimum Gasteiger partial charge on any atom is -0.384 e. The first-order valence-corrected chi connectivity index (χ1v) is 3.62. The minimum atomic E-state index is -0.0608. The van der Waals surface area contributed by atoms with Crippen LogP contribution in [0.25, 0.3) is 0 Å². The highest BCUT2D eigenvalue weighted by molar-refractivity contribution is 6.33. The summed E-state index contributed by atoms with van der Waals surface area (Å²) in [5.74, 6) is -0.0608. The number of hydrogen-bond donors (Lipinski definition) is 2. The van der Waals surface area contributed by atoms with Gasteiger partial charge in [0.2, 0.25) is 0 Å². The lowest BCUT2D eigenvalue weighted by molar-refractivity contribution is 0.112. The number of nitrogens with two attached hydrogens (primary N) is 1. The summed E-state index contributed by atoms with van der Waals surface area (Å²) in [6.45, 7) is 0. The number of benzene rings is 1. The SMILES string of the molecule is Cl.N=C(N)c1ccc(C=O)c(Cl)c1. The van der Waals surface area contributed by atoms with Crippen LogP contribution >= 0.6 is 24.0 Å². The first-order chi connectivity index (χ1) is 5.65. The summed E-state index contributed by atoms with van der Waals surface area (Å²) < 4.78 is 0. The normalized spacial score (nSPS) is 8.69. The van der Waals surface area contributed by atoms with Gasteiger partial charge in [-0.2, -0.15) is 0 Å². The smallest absolute Gasteiger partial charge is 0.151 e. The highest BCUT2D eigenvalue weighted by atomic mass is 35.5. The van der Waals surface area contributed by atoms with Crippen molar-refractivity contribution >= 4 is 36.1 Å². The van der Waals surface area contributed by atoms with Gasteiger partial charge in [-0.25, -0.2) is 0 Å². The number of nitrogens with one attached hydrogen (secondary N) is 1. The third kappa shape index (κ3) is 2.72. The Bertz CT molecular complexity index is 339. The van der Waals surface area contributed by atoms with Crippen molar-refractivity contribution < 1.29 is 4.79 Å². The maximum atomic E-state index is 10.3. The summed E-state index contributed by atoms with van der Waals surface area (Å²) in [7, 11) is 0. The van der Waals surface area contributed by atoms with Crippen LogP contribution in [0.1, 0.15) is 15.9 Å². The van der Waals surface area contributed by atoms with E-state index in [-0.39, 0.29) is 18.2 Å². The lowest BCUT2D eigenvalue weighted by Gasteiger charge is -1.99. The van der Waals surface area contributed by atoms with Crippen molar-refractivity contribution in [3.63, 3.8) is 0 Å². The maximum Gasteiger partial charge on any atom is 0.151 e. The predicted molar refractivity (Wildman–Crippen MR) is 55.1 cm³/mol. The molecule has 0 spiro atoms. The standard InChI is InChI=1S/C8H7ClN2O.ClH/c9-7-3-5(8(10)11)1-2-6(7)4-12;/h1-4H,(H3,10,11);1H. The monoisotopic (exact) mass is 218 g/mol. The average Bonchev–Trinajstić information content (AvgIpc) is 2.04. The minimum absolute atomic E-state index is 0. The van der Waals surface area contributed by atoms with E-state index in [0.29, 0.717) is 22.4 Å².